The van der Waals surface area contributed by atoms with Crippen LogP contribution in [0.5, 0.6) is 0 Å². The molecular weight excluding hydrogens is 130 g/mol. The predicted octanol–water partition coefficient (Wildman–Crippen LogP) is 0.606. The number of hydrogen-bond acceptors (Lipinski definition) is 3. The molecule has 0 heterocycles. The Morgan fingerprint density at radius 3 is 2.70 bits per heavy atom. The van der Waals surface area contributed by atoms with Crippen molar-refractivity contribution >= 4 is 0 Å². The lowest BCUT2D eigenvalue weighted by Crippen LogP contribution is -2.19. The van der Waals surface area contributed by atoms with E-state index < -0.39 is 0 Å². The van der Waals surface area contributed by atoms with Crippen LogP contribution in [0.3, 0.4) is 0 Å². The molecule has 62 valence electrons. The summed E-state index contributed by atoms with van der Waals surface area (Å²) in [6.07, 6.45) is 1.15. The first-order valence-electron chi connectivity index (χ1n) is 3.69. The van der Waals surface area contributed by atoms with Crippen LogP contribution in [0.25, 0.3) is 0 Å². The molecule has 0 radical (unpaired) electrons. The van der Waals surface area contributed by atoms with Crippen LogP contribution in [0.2, 0.25) is 0 Å². The van der Waals surface area contributed by atoms with E-state index in [-0.39, 0.29) is 0 Å². The molecule has 0 rings (SSSR count). The molecular formula is C7H17NO2. The average Bonchev–Trinajstić information content (AvgIpc) is 1.97. The molecule has 0 fully saturated rings. The maximum Gasteiger partial charge on any atom is 0.0966 e. The highest BCUT2D eigenvalue weighted by Crippen LogP contribution is 1.74. The molecule has 0 spiro atoms. The van der Waals surface area contributed by atoms with Gasteiger partial charge in [0.15, 0.2) is 0 Å². The maximum absolute atomic E-state index is 5.14. The highest BCUT2D eigenvalue weighted by molar-refractivity contribution is 4.34. The molecule has 0 saturated heterocycles. The Balaban J connectivity index is 2.65. The molecule has 0 aliphatic heterocycles. The normalized spacial score (nSPS) is 10.2. The first-order valence-corrected chi connectivity index (χ1v) is 3.69. The fourth-order valence-electron chi connectivity index (χ4n) is 0.536. The molecule has 0 aromatic rings. The van der Waals surface area contributed by atoms with Gasteiger partial charge in [-0.05, 0) is 13.0 Å². The molecule has 0 aromatic heterocycles. The fourth-order valence-corrected chi connectivity index (χ4v) is 0.536. The van der Waals surface area contributed by atoms with Gasteiger partial charge >= 0.3 is 0 Å². The quantitative estimate of drug-likeness (QED) is 0.422. The molecule has 10 heavy (non-hydrogen) atoms. The molecule has 0 saturated carbocycles. The third kappa shape index (κ3) is 7.88. The predicted molar refractivity (Wildman–Crippen MR) is 41.0 cm³/mol. The summed E-state index contributed by atoms with van der Waals surface area (Å²) in [6, 6.07) is 0. The second kappa shape index (κ2) is 8.88. The van der Waals surface area contributed by atoms with Gasteiger partial charge in [-0.2, -0.15) is 0 Å². The van der Waals surface area contributed by atoms with Crippen LogP contribution in [0, 0.1) is 0 Å². The topological polar surface area (TPSA) is 30.5 Å². The van der Waals surface area contributed by atoms with Gasteiger partial charge in [0.25, 0.3) is 0 Å². The van der Waals surface area contributed by atoms with Gasteiger partial charge in [-0.1, -0.05) is 6.92 Å². The largest absolute Gasteiger partial charge is 0.382 e. The zero-order valence-corrected chi connectivity index (χ0v) is 6.85. The lowest BCUT2D eigenvalue weighted by molar-refractivity contribution is 0.0611. The molecule has 0 atom stereocenters. The molecule has 1 N–H and O–H groups in total. The minimum Gasteiger partial charge on any atom is -0.382 e. The Morgan fingerprint density at radius 2 is 2.10 bits per heavy atom. The molecule has 3 heteroatoms. The number of nitrogens with one attached hydrogen (secondary N) is 1. The van der Waals surface area contributed by atoms with E-state index >= 15 is 0 Å². The summed E-state index contributed by atoms with van der Waals surface area (Å²) in [6.45, 7) is 5.13. The Labute approximate surface area is 62.7 Å². The van der Waals surface area contributed by atoms with Crippen LogP contribution in [0.1, 0.15) is 13.3 Å². The molecule has 0 aliphatic carbocycles. The summed E-state index contributed by atoms with van der Waals surface area (Å²) in [7, 11) is 1.67. The number of hydrogen-bond donors (Lipinski definition) is 1. The summed E-state index contributed by atoms with van der Waals surface area (Å²) in [5.41, 5.74) is 0. The van der Waals surface area contributed by atoms with Crippen molar-refractivity contribution in [3.63, 3.8) is 0 Å². The number of ether oxygens (including phenoxy) is 2. The van der Waals surface area contributed by atoms with E-state index in [4.69, 9.17) is 9.47 Å². The molecule has 0 aromatic carbocycles. The van der Waals surface area contributed by atoms with Crippen LogP contribution in [-0.2, 0) is 9.47 Å². The van der Waals surface area contributed by atoms with Gasteiger partial charge in [0.2, 0.25) is 0 Å². The molecule has 0 bridgehead atoms. The van der Waals surface area contributed by atoms with Crippen molar-refractivity contribution in [2.75, 3.05) is 33.6 Å². The fraction of sp³-hybridized carbons (Fsp3) is 1.00. The minimum atomic E-state index is 0.636. The molecule has 0 unspecified atom stereocenters. The highest BCUT2D eigenvalue weighted by atomic mass is 16.5. The van der Waals surface area contributed by atoms with Crippen molar-refractivity contribution in [3.8, 4) is 0 Å². The van der Waals surface area contributed by atoms with Crippen molar-refractivity contribution in [3.05, 3.63) is 0 Å². The lowest BCUT2D eigenvalue weighted by atomic mass is 10.5. The van der Waals surface area contributed by atoms with Gasteiger partial charge in [0.05, 0.1) is 19.9 Å². The third-order valence-electron chi connectivity index (χ3n) is 1.06. The van der Waals surface area contributed by atoms with Gasteiger partial charge < -0.3 is 9.47 Å². The summed E-state index contributed by atoms with van der Waals surface area (Å²) in [5, 5.41) is 3.12. The Bertz CT molecular complexity index is 51.6. The Kier molecular flexibility index (Phi) is 8.77. The second-order valence-electron chi connectivity index (χ2n) is 2.05. The smallest absolute Gasteiger partial charge is 0.0966 e. The second-order valence-corrected chi connectivity index (χ2v) is 2.05. The van der Waals surface area contributed by atoms with Crippen LogP contribution in [0.15, 0.2) is 0 Å². The van der Waals surface area contributed by atoms with Gasteiger partial charge in [0, 0.05) is 7.11 Å². The van der Waals surface area contributed by atoms with Crippen LogP contribution < -0.4 is 5.32 Å². The first-order chi connectivity index (χ1) is 4.91. The molecule has 0 aliphatic rings. The van der Waals surface area contributed by atoms with E-state index in [1.807, 2.05) is 0 Å². The van der Waals surface area contributed by atoms with Crippen LogP contribution in [-0.4, -0.2) is 33.6 Å². The highest BCUT2D eigenvalue weighted by Gasteiger charge is 1.84. The van der Waals surface area contributed by atoms with E-state index in [1.165, 1.54) is 0 Å². The standard InChI is InChI=1S/C7H17NO2/c1-3-4-8-7-10-6-5-9-2/h8H,3-7H2,1-2H3. The first kappa shape index (κ1) is 9.88. The third-order valence-corrected chi connectivity index (χ3v) is 1.06. The van der Waals surface area contributed by atoms with E-state index in [2.05, 4.69) is 12.2 Å². The van der Waals surface area contributed by atoms with Gasteiger partial charge in [0.1, 0.15) is 0 Å². The summed E-state index contributed by atoms with van der Waals surface area (Å²) >= 11 is 0. The summed E-state index contributed by atoms with van der Waals surface area (Å²) in [5.74, 6) is 0. The maximum atomic E-state index is 5.14. The Hall–Kier alpha value is -0.120. The lowest BCUT2D eigenvalue weighted by Gasteiger charge is -2.03. The zero-order valence-electron chi connectivity index (χ0n) is 6.85. The zero-order chi connectivity index (χ0) is 7.66. The number of rotatable bonds is 7. The summed E-state index contributed by atoms with van der Waals surface area (Å²) < 4.78 is 9.94. The Morgan fingerprint density at radius 1 is 1.30 bits per heavy atom. The van der Waals surface area contributed by atoms with Gasteiger partial charge in [-0.3, -0.25) is 5.32 Å². The van der Waals surface area contributed by atoms with Crippen molar-refractivity contribution in [2.45, 2.75) is 13.3 Å². The van der Waals surface area contributed by atoms with Crippen LogP contribution >= 0.6 is 0 Å². The van der Waals surface area contributed by atoms with Crippen molar-refractivity contribution in [2.24, 2.45) is 0 Å². The van der Waals surface area contributed by atoms with E-state index in [1.54, 1.807) is 7.11 Å². The summed E-state index contributed by atoms with van der Waals surface area (Å²) in [4.78, 5) is 0. The molecule has 0 amide bonds. The van der Waals surface area contributed by atoms with Crippen LogP contribution in [0.4, 0.5) is 0 Å². The average molecular weight is 147 g/mol. The van der Waals surface area contributed by atoms with E-state index in [9.17, 15) is 0 Å². The van der Waals surface area contributed by atoms with Crippen molar-refractivity contribution < 1.29 is 9.47 Å². The monoisotopic (exact) mass is 147 g/mol. The SMILES string of the molecule is CCCNCOCCOC. The van der Waals surface area contributed by atoms with E-state index in [0.29, 0.717) is 19.9 Å². The van der Waals surface area contributed by atoms with Gasteiger partial charge in [-0.15, -0.1) is 0 Å². The van der Waals surface area contributed by atoms with Crippen molar-refractivity contribution in [1.29, 1.82) is 0 Å². The minimum absolute atomic E-state index is 0.636. The van der Waals surface area contributed by atoms with E-state index in [0.717, 1.165) is 13.0 Å². The van der Waals surface area contributed by atoms with Crippen molar-refractivity contribution in [1.82, 2.24) is 5.32 Å². The van der Waals surface area contributed by atoms with Gasteiger partial charge in [-0.25, -0.2) is 0 Å². The molecule has 3 nitrogen and oxygen atoms in total. The number of methoxy groups -OCH3 is 1.